The number of carboxylic acid groups (broad SMARTS) is 1. The van der Waals surface area contributed by atoms with Gasteiger partial charge in [0.15, 0.2) is 11.2 Å². The number of alkyl halides is 3. The number of rotatable bonds is 9. The number of aromatic nitrogens is 2. The molecule has 1 saturated heterocycles. The fourth-order valence-electron chi connectivity index (χ4n) is 6.64. The molecule has 0 spiro atoms. The average molecular weight is 683 g/mol. The zero-order chi connectivity index (χ0) is 34.4. The Morgan fingerprint density at radius 2 is 1.67 bits per heavy atom. The van der Waals surface area contributed by atoms with Crippen LogP contribution in [0.4, 0.5) is 8.78 Å². The van der Waals surface area contributed by atoms with E-state index in [1.54, 1.807) is 17.0 Å². The fraction of sp³-hybridized carbons (Fsp3) is 0.243. The van der Waals surface area contributed by atoms with Gasteiger partial charge in [-0.15, -0.1) is 11.6 Å². The number of oxazole rings is 2. The van der Waals surface area contributed by atoms with Gasteiger partial charge in [-0.2, -0.15) is 14.0 Å². The van der Waals surface area contributed by atoms with E-state index in [-0.39, 0.29) is 23.8 Å². The number of benzene rings is 4. The molecule has 0 amide bonds. The van der Waals surface area contributed by atoms with E-state index in [9.17, 15) is 23.9 Å². The van der Waals surface area contributed by atoms with Crippen LogP contribution in [0.3, 0.4) is 0 Å². The normalized spacial score (nSPS) is 15.0. The fourth-order valence-corrected chi connectivity index (χ4v) is 6.80. The molecule has 1 atom stereocenters. The number of halogens is 3. The zero-order valence-corrected chi connectivity index (χ0v) is 27.2. The molecule has 2 aromatic heterocycles. The molecule has 1 aliphatic heterocycles. The van der Waals surface area contributed by atoms with Gasteiger partial charge in [0.25, 0.3) is 0 Å². The van der Waals surface area contributed by atoms with Crippen molar-refractivity contribution < 1.29 is 32.3 Å². The number of likely N-dealkylation sites (tertiary alicyclic amines) is 1. The van der Waals surface area contributed by atoms with Crippen LogP contribution in [0.1, 0.15) is 40.7 Å². The Balaban J connectivity index is 1.27. The summed E-state index contributed by atoms with van der Waals surface area (Å²) in [5, 5.41) is 19.3. The van der Waals surface area contributed by atoms with E-state index in [0.717, 1.165) is 33.4 Å². The molecule has 248 valence electrons. The van der Waals surface area contributed by atoms with Crippen molar-refractivity contribution in [1.29, 1.82) is 5.26 Å². The van der Waals surface area contributed by atoms with Crippen LogP contribution in [-0.2, 0) is 17.2 Å². The number of fused-ring (bicyclic) bond motifs is 2. The van der Waals surface area contributed by atoms with Crippen LogP contribution in [0.25, 0.3) is 56.2 Å². The van der Waals surface area contributed by atoms with Crippen LogP contribution in [0.2, 0.25) is 0 Å². The quantitative estimate of drug-likeness (QED) is 0.149. The molecule has 12 heteroatoms. The molecule has 0 saturated carbocycles. The number of carbonyl (C=O) groups is 1. The van der Waals surface area contributed by atoms with Gasteiger partial charge in [-0.25, -0.2) is 9.97 Å². The molecular formula is C37H29ClF2N4O5. The maximum absolute atomic E-state index is 13.4. The Labute approximate surface area is 284 Å². The Morgan fingerprint density at radius 1 is 1.02 bits per heavy atom. The van der Waals surface area contributed by atoms with Gasteiger partial charge in [-0.1, -0.05) is 24.3 Å². The monoisotopic (exact) mass is 682 g/mol. The molecule has 0 unspecified atom stereocenters. The van der Waals surface area contributed by atoms with Crippen LogP contribution < -0.4 is 4.74 Å². The van der Waals surface area contributed by atoms with E-state index in [4.69, 9.17) is 35.1 Å². The third-order valence-electron chi connectivity index (χ3n) is 9.05. The predicted octanol–water partition coefficient (Wildman–Crippen LogP) is 8.85. The molecule has 1 fully saturated rings. The topological polar surface area (TPSA) is 126 Å². The Kier molecular flexibility index (Phi) is 8.52. The predicted molar refractivity (Wildman–Crippen MR) is 179 cm³/mol. The second-order valence-corrected chi connectivity index (χ2v) is 12.3. The maximum Gasteiger partial charge on any atom is 0.387 e. The van der Waals surface area contributed by atoms with E-state index in [1.165, 1.54) is 6.07 Å². The van der Waals surface area contributed by atoms with Crippen molar-refractivity contribution in [3.05, 3.63) is 88.5 Å². The molecule has 7 rings (SSSR count). The molecule has 0 aliphatic carbocycles. The van der Waals surface area contributed by atoms with Crippen LogP contribution in [-0.4, -0.2) is 45.1 Å². The van der Waals surface area contributed by atoms with Gasteiger partial charge >= 0.3 is 12.6 Å². The van der Waals surface area contributed by atoms with Crippen molar-refractivity contribution >= 4 is 39.8 Å². The van der Waals surface area contributed by atoms with E-state index >= 15 is 0 Å². The highest BCUT2D eigenvalue weighted by atomic mass is 35.5. The van der Waals surface area contributed by atoms with Crippen molar-refractivity contribution in [1.82, 2.24) is 14.9 Å². The molecule has 9 nitrogen and oxygen atoms in total. The molecule has 1 aliphatic rings. The minimum absolute atomic E-state index is 0.0841. The molecule has 0 radical (unpaired) electrons. The smallest absolute Gasteiger partial charge is 0.387 e. The van der Waals surface area contributed by atoms with Crippen molar-refractivity contribution in [3.8, 4) is 45.9 Å². The number of ether oxygens (including phenoxy) is 1. The first kappa shape index (κ1) is 32.2. The van der Waals surface area contributed by atoms with Gasteiger partial charge in [-0.05, 0) is 91.4 Å². The summed E-state index contributed by atoms with van der Waals surface area (Å²) in [7, 11) is 0. The highest BCUT2D eigenvalue weighted by molar-refractivity contribution is 6.17. The molecule has 1 N–H and O–H groups in total. The highest BCUT2D eigenvalue weighted by Crippen LogP contribution is 2.39. The van der Waals surface area contributed by atoms with E-state index in [2.05, 4.69) is 6.07 Å². The standard InChI is InChI=1S/C37H29ClF2N4O5/c1-19-24(25-7-4-9-27(20(25)2)35-43-29-13-21(16-38)12-22(17-41)33(29)49-35)6-3-8-26(19)34-42-28-14-23(18-44-11-5-10-30(44)36(45)46)31(48-37(39)40)15-32(28)47-34/h3-4,6-9,12-15,30,37H,5,10-11,16,18H2,1-2H3,(H,45,46)/t30-/m0/s1. The number of hydrogen-bond acceptors (Lipinski definition) is 8. The van der Waals surface area contributed by atoms with Crippen LogP contribution >= 0.6 is 11.6 Å². The van der Waals surface area contributed by atoms with Gasteiger partial charge in [0.2, 0.25) is 11.8 Å². The van der Waals surface area contributed by atoms with E-state index < -0.39 is 18.6 Å². The van der Waals surface area contributed by atoms with E-state index in [1.807, 2.05) is 56.3 Å². The zero-order valence-electron chi connectivity index (χ0n) is 26.5. The van der Waals surface area contributed by atoms with Gasteiger partial charge in [0.1, 0.15) is 28.9 Å². The first-order valence-corrected chi connectivity index (χ1v) is 16.1. The van der Waals surface area contributed by atoms with Crippen molar-refractivity contribution in [2.75, 3.05) is 6.54 Å². The highest BCUT2D eigenvalue weighted by Gasteiger charge is 2.31. The van der Waals surface area contributed by atoms with Crippen LogP contribution in [0.15, 0.2) is 69.5 Å². The lowest BCUT2D eigenvalue weighted by atomic mass is 9.91. The summed E-state index contributed by atoms with van der Waals surface area (Å²) in [6.07, 6.45) is 1.18. The Morgan fingerprint density at radius 3 is 2.31 bits per heavy atom. The maximum atomic E-state index is 13.4. The summed E-state index contributed by atoms with van der Waals surface area (Å²) in [6.45, 7) is 1.50. The number of aliphatic carboxylic acids is 1. The van der Waals surface area contributed by atoms with Crippen LogP contribution in [0, 0.1) is 25.2 Å². The summed E-state index contributed by atoms with van der Waals surface area (Å²) in [5.41, 5.74) is 8.27. The minimum Gasteiger partial charge on any atom is -0.480 e. The summed E-state index contributed by atoms with van der Waals surface area (Å²) in [4.78, 5) is 22.9. The summed E-state index contributed by atoms with van der Waals surface area (Å²) >= 11 is 6.03. The first-order valence-electron chi connectivity index (χ1n) is 15.6. The molecule has 6 aromatic rings. The molecule has 0 bridgehead atoms. The molecular weight excluding hydrogens is 654 g/mol. The Bertz CT molecular complexity index is 2290. The Hall–Kier alpha value is -5.31. The van der Waals surface area contributed by atoms with Gasteiger partial charge in [0.05, 0.1) is 5.56 Å². The SMILES string of the molecule is Cc1c(-c2nc3cc(CN4CCC[C@H]4C(=O)O)c(OC(F)F)cc3o2)cccc1-c1cccc(-c2nc3cc(CCl)cc(C#N)c3o2)c1C. The summed E-state index contributed by atoms with van der Waals surface area (Å²) in [5.74, 6) is -0.108. The number of hydrogen-bond donors (Lipinski definition) is 1. The molecule has 4 aromatic carbocycles. The van der Waals surface area contributed by atoms with E-state index in [0.29, 0.717) is 64.5 Å². The number of nitriles is 1. The first-order chi connectivity index (χ1) is 23.6. The average Bonchev–Trinajstić information content (AvgIpc) is 3.83. The summed E-state index contributed by atoms with van der Waals surface area (Å²) < 4.78 is 44.0. The van der Waals surface area contributed by atoms with Crippen molar-refractivity contribution in [2.45, 2.75) is 51.8 Å². The van der Waals surface area contributed by atoms with Gasteiger partial charge < -0.3 is 18.7 Å². The third kappa shape index (κ3) is 5.98. The lowest BCUT2D eigenvalue weighted by Gasteiger charge is -2.22. The number of nitrogens with zero attached hydrogens (tertiary/aromatic N) is 4. The molecule has 49 heavy (non-hydrogen) atoms. The lowest BCUT2D eigenvalue weighted by molar-refractivity contribution is -0.142. The second-order valence-electron chi connectivity index (χ2n) is 12.0. The van der Waals surface area contributed by atoms with Gasteiger partial charge in [0, 0.05) is 35.2 Å². The van der Waals surface area contributed by atoms with Crippen LogP contribution in [0.5, 0.6) is 5.75 Å². The van der Waals surface area contributed by atoms with Crippen molar-refractivity contribution in [2.24, 2.45) is 0 Å². The second kappa shape index (κ2) is 13.0. The van der Waals surface area contributed by atoms with Gasteiger partial charge in [-0.3, -0.25) is 9.69 Å². The summed E-state index contributed by atoms with van der Waals surface area (Å²) in [6, 6.07) is 19.6. The number of carboxylic acids is 1. The third-order valence-corrected chi connectivity index (χ3v) is 9.36. The lowest BCUT2D eigenvalue weighted by Crippen LogP contribution is -2.35. The molecule has 3 heterocycles. The minimum atomic E-state index is -3.07. The largest absolute Gasteiger partial charge is 0.480 e. The van der Waals surface area contributed by atoms with Crippen molar-refractivity contribution in [3.63, 3.8) is 0 Å².